The molecule has 6 nitrogen and oxygen atoms in total. The molecule has 1 aromatic carbocycles. The van der Waals surface area contributed by atoms with Crippen LogP contribution in [-0.2, 0) is 9.53 Å². The van der Waals surface area contributed by atoms with Gasteiger partial charge in [0, 0.05) is 37.3 Å². The first-order chi connectivity index (χ1) is 12.6. The van der Waals surface area contributed by atoms with Gasteiger partial charge in [0.1, 0.15) is 0 Å². The third-order valence-corrected chi connectivity index (χ3v) is 4.99. The second-order valence-electron chi connectivity index (χ2n) is 6.88. The largest absolute Gasteiger partial charge is 0.379 e. The summed E-state index contributed by atoms with van der Waals surface area (Å²) in [6, 6.07) is 8.11. The van der Waals surface area contributed by atoms with E-state index in [0.29, 0.717) is 6.42 Å². The van der Waals surface area contributed by atoms with Crippen LogP contribution in [0.5, 0.6) is 0 Å². The Hall–Kier alpha value is -2.18. The van der Waals surface area contributed by atoms with E-state index in [2.05, 4.69) is 34.4 Å². The van der Waals surface area contributed by atoms with Crippen LogP contribution in [0.15, 0.2) is 30.5 Å². The molecular formula is C20H28N4O2. The van der Waals surface area contributed by atoms with Crippen molar-refractivity contribution in [3.63, 3.8) is 0 Å². The summed E-state index contributed by atoms with van der Waals surface area (Å²) in [7, 11) is 0. The first-order valence-electron chi connectivity index (χ1n) is 9.26. The van der Waals surface area contributed by atoms with Crippen molar-refractivity contribution in [1.29, 1.82) is 0 Å². The first-order valence-corrected chi connectivity index (χ1v) is 9.26. The van der Waals surface area contributed by atoms with Crippen LogP contribution in [0.1, 0.15) is 36.2 Å². The minimum Gasteiger partial charge on any atom is -0.379 e. The minimum atomic E-state index is -0.0649. The number of nitrogens with one attached hydrogen (secondary N) is 1. The number of rotatable bonds is 6. The van der Waals surface area contributed by atoms with Gasteiger partial charge in [0.2, 0.25) is 5.91 Å². The van der Waals surface area contributed by atoms with Crippen LogP contribution in [0, 0.1) is 13.8 Å². The lowest BCUT2D eigenvalue weighted by molar-refractivity contribution is -0.122. The number of carbonyl (C=O) groups is 1. The zero-order valence-corrected chi connectivity index (χ0v) is 15.9. The molecule has 1 fully saturated rings. The fourth-order valence-electron chi connectivity index (χ4n) is 3.37. The van der Waals surface area contributed by atoms with Gasteiger partial charge in [-0.1, -0.05) is 18.2 Å². The number of carbonyl (C=O) groups excluding carboxylic acids is 1. The average Bonchev–Trinajstić information content (AvgIpc) is 3.03. The predicted octanol–water partition coefficient (Wildman–Crippen LogP) is 2.39. The summed E-state index contributed by atoms with van der Waals surface area (Å²) < 4.78 is 7.28. The normalized spacial score (nSPS) is 16.4. The summed E-state index contributed by atoms with van der Waals surface area (Å²) in [5.41, 5.74) is 4.35. The van der Waals surface area contributed by atoms with Crippen LogP contribution >= 0.6 is 0 Å². The van der Waals surface area contributed by atoms with Gasteiger partial charge in [-0.15, -0.1) is 0 Å². The SMILES string of the molecule is Cc1ccccc1-n1ncc([C@@H](C)NC(=O)CCN2CCOCC2)c1C. The Bertz CT molecular complexity index is 750. The number of hydrogen-bond donors (Lipinski definition) is 1. The molecule has 1 aliphatic heterocycles. The molecule has 0 spiro atoms. The van der Waals surface area contributed by atoms with Crippen LogP contribution < -0.4 is 5.32 Å². The maximum Gasteiger partial charge on any atom is 0.221 e. The molecule has 0 unspecified atom stereocenters. The summed E-state index contributed by atoms with van der Waals surface area (Å²) in [4.78, 5) is 14.6. The molecule has 0 bridgehead atoms. The number of aromatic nitrogens is 2. The highest BCUT2D eigenvalue weighted by molar-refractivity contribution is 5.76. The van der Waals surface area contributed by atoms with Gasteiger partial charge in [0.05, 0.1) is 31.1 Å². The number of nitrogens with zero attached hydrogens (tertiary/aromatic N) is 3. The molecule has 1 N–H and O–H groups in total. The summed E-state index contributed by atoms with van der Waals surface area (Å²) in [6.45, 7) is 10.3. The summed E-state index contributed by atoms with van der Waals surface area (Å²) >= 11 is 0. The summed E-state index contributed by atoms with van der Waals surface area (Å²) in [5, 5.41) is 7.64. The summed E-state index contributed by atoms with van der Waals surface area (Å²) in [6.07, 6.45) is 2.37. The van der Waals surface area contributed by atoms with Crippen LogP contribution in [-0.4, -0.2) is 53.4 Å². The van der Waals surface area contributed by atoms with Crippen molar-refractivity contribution in [3.8, 4) is 5.69 Å². The van der Waals surface area contributed by atoms with Crippen LogP contribution in [0.3, 0.4) is 0 Å². The van der Waals surface area contributed by atoms with Gasteiger partial charge in [-0.05, 0) is 32.4 Å². The Morgan fingerprint density at radius 2 is 2.00 bits per heavy atom. The molecule has 1 aromatic heterocycles. The van der Waals surface area contributed by atoms with E-state index in [1.807, 2.05) is 36.9 Å². The van der Waals surface area contributed by atoms with Gasteiger partial charge in [0.25, 0.3) is 0 Å². The Labute approximate surface area is 155 Å². The van der Waals surface area contributed by atoms with Crippen molar-refractivity contribution in [1.82, 2.24) is 20.0 Å². The van der Waals surface area contributed by atoms with E-state index in [9.17, 15) is 4.79 Å². The zero-order chi connectivity index (χ0) is 18.5. The molecule has 2 aromatic rings. The highest BCUT2D eigenvalue weighted by Gasteiger charge is 2.18. The van der Waals surface area contributed by atoms with Crippen LogP contribution in [0.4, 0.5) is 0 Å². The second-order valence-corrected chi connectivity index (χ2v) is 6.88. The predicted molar refractivity (Wildman–Crippen MR) is 101 cm³/mol. The van der Waals surface area contributed by atoms with E-state index < -0.39 is 0 Å². The number of ether oxygens (including phenoxy) is 1. The zero-order valence-electron chi connectivity index (χ0n) is 15.9. The smallest absolute Gasteiger partial charge is 0.221 e. The molecular weight excluding hydrogens is 328 g/mol. The van der Waals surface area contributed by atoms with E-state index in [1.165, 1.54) is 5.56 Å². The molecule has 6 heteroatoms. The van der Waals surface area contributed by atoms with Gasteiger partial charge in [-0.25, -0.2) is 4.68 Å². The van der Waals surface area contributed by atoms with Crippen LogP contribution in [0.2, 0.25) is 0 Å². The fraction of sp³-hybridized carbons (Fsp3) is 0.500. The lowest BCUT2D eigenvalue weighted by atomic mass is 10.1. The highest BCUT2D eigenvalue weighted by Crippen LogP contribution is 2.22. The van der Waals surface area contributed by atoms with Crippen molar-refractivity contribution >= 4 is 5.91 Å². The van der Waals surface area contributed by atoms with Gasteiger partial charge in [-0.3, -0.25) is 9.69 Å². The number of hydrogen-bond acceptors (Lipinski definition) is 4. The van der Waals surface area contributed by atoms with E-state index >= 15 is 0 Å². The number of benzene rings is 1. The molecule has 1 saturated heterocycles. The van der Waals surface area contributed by atoms with Crippen molar-refractivity contribution in [2.75, 3.05) is 32.8 Å². The van der Waals surface area contributed by atoms with Gasteiger partial charge >= 0.3 is 0 Å². The maximum absolute atomic E-state index is 12.3. The molecule has 1 atom stereocenters. The topological polar surface area (TPSA) is 59.4 Å². The Morgan fingerprint density at radius 3 is 2.73 bits per heavy atom. The number of aryl methyl sites for hydroxylation is 1. The van der Waals surface area contributed by atoms with E-state index in [0.717, 1.165) is 49.8 Å². The molecule has 140 valence electrons. The van der Waals surface area contributed by atoms with Crippen LogP contribution in [0.25, 0.3) is 5.69 Å². The summed E-state index contributed by atoms with van der Waals surface area (Å²) in [5.74, 6) is 0.0760. The Morgan fingerprint density at radius 1 is 1.27 bits per heavy atom. The molecule has 0 aliphatic carbocycles. The molecule has 1 amide bonds. The second kappa shape index (κ2) is 8.47. The third-order valence-electron chi connectivity index (χ3n) is 4.99. The van der Waals surface area contributed by atoms with Gasteiger partial charge in [-0.2, -0.15) is 5.10 Å². The van der Waals surface area contributed by atoms with Crippen molar-refractivity contribution in [2.45, 2.75) is 33.2 Å². The Balaban J connectivity index is 1.60. The molecule has 2 heterocycles. The molecule has 0 saturated carbocycles. The number of morpholine rings is 1. The highest BCUT2D eigenvalue weighted by atomic mass is 16.5. The standard InChI is InChI=1S/C20H28N4O2/c1-15-6-4-5-7-19(15)24-17(3)18(14-21-24)16(2)22-20(25)8-9-23-10-12-26-13-11-23/h4-7,14,16H,8-13H2,1-3H3,(H,22,25)/t16-/m1/s1. The minimum absolute atomic E-state index is 0.0649. The van der Waals surface area contributed by atoms with Crippen molar-refractivity contribution < 1.29 is 9.53 Å². The Kier molecular flexibility index (Phi) is 6.06. The first kappa shape index (κ1) is 18.6. The fourth-order valence-corrected chi connectivity index (χ4v) is 3.37. The molecule has 3 rings (SSSR count). The molecule has 0 radical (unpaired) electrons. The van der Waals surface area contributed by atoms with E-state index in [1.54, 1.807) is 0 Å². The average molecular weight is 356 g/mol. The molecule has 1 aliphatic rings. The van der Waals surface area contributed by atoms with Gasteiger partial charge < -0.3 is 10.1 Å². The van der Waals surface area contributed by atoms with Gasteiger partial charge in [0.15, 0.2) is 0 Å². The monoisotopic (exact) mass is 356 g/mol. The molecule has 26 heavy (non-hydrogen) atoms. The lowest BCUT2D eigenvalue weighted by Gasteiger charge is -2.26. The third kappa shape index (κ3) is 4.31. The lowest BCUT2D eigenvalue weighted by Crippen LogP contribution is -2.39. The quantitative estimate of drug-likeness (QED) is 0.863. The number of para-hydroxylation sites is 1. The number of amides is 1. The van der Waals surface area contributed by atoms with Crippen molar-refractivity contribution in [2.24, 2.45) is 0 Å². The maximum atomic E-state index is 12.3. The van der Waals surface area contributed by atoms with E-state index in [4.69, 9.17) is 4.74 Å². The van der Waals surface area contributed by atoms with Crippen molar-refractivity contribution in [3.05, 3.63) is 47.3 Å². The van der Waals surface area contributed by atoms with E-state index in [-0.39, 0.29) is 11.9 Å².